The summed E-state index contributed by atoms with van der Waals surface area (Å²) in [5, 5.41) is 5.93. The number of rotatable bonds is 5. The van der Waals surface area contributed by atoms with Crippen molar-refractivity contribution in [2.75, 3.05) is 0 Å². The zero-order chi connectivity index (χ0) is 14.0. The molecule has 1 heterocycles. The summed E-state index contributed by atoms with van der Waals surface area (Å²) < 4.78 is 0. The fourth-order valence-electron chi connectivity index (χ4n) is 2.37. The molecule has 1 fully saturated rings. The van der Waals surface area contributed by atoms with E-state index in [9.17, 15) is 4.79 Å². The number of carbonyl (C=O) groups excluding carboxylic acids is 1. The Morgan fingerprint density at radius 2 is 2.10 bits per heavy atom. The van der Waals surface area contributed by atoms with Crippen molar-refractivity contribution in [3.05, 3.63) is 52.0 Å². The molecular formula is C15H17N3OS. The van der Waals surface area contributed by atoms with E-state index in [-0.39, 0.29) is 11.4 Å². The third-order valence-electron chi connectivity index (χ3n) is 3.57. The first kappa shape index (κ1) is 13.3. The highest BCUT2D eigenvalue weighted by atomic mass is 32.1. The fraction of sp³-hybridized carbons (Fsp3) is 0.333. The van der Waals surface area contributed by atoms with Crippen LogP contribution in [0.3, 0.4) is 0 Å². The Balaban J connectivity index is 1.64. The van der Waals surface area contributed by atoms with E-state index in [2.05, 4.69) is 22.4 Å². The summed E-state index contributed by atoms with van der Waals surface area (Å²) in [6.07, 6.45) is 2.34. The summed E-state index contributed by atoms with van der Waals surface area (Å²) in [6.45, 7) is 0.431. The Labute approximate surface area is 122 Å². The largest absolute Gasteiger partial charge is 0.346 e. The minimum atomic E-state index is -0.148. The molecule has 0 saturated heterocycles. The molecule has 0 aliphatic heterocycles. The maximum atomic E-state index is 12.2. The molecule has 4 nitrogen and oxygen atoms in total. The van der Waals surface area contributed by atoms with Crippen LogP contribution in [0.1, 0.15) is 29.1 Å². The maximum Gasteiger partial charge on any atom is 0.226 e. The second-order valence-corrected chi connectivity index (χ2v) is 6.05. The summed E-state index contributed by atoms with van der Waals surface area (Å²) >= 11 is 1.51. The molecule has 3 N–H and O–H groups in total. The second kappa shape index (κ2) is 5.34. The molecule has 5 heteroatoms. The first-order valence-corrected chi connectivity index (χ1v) is 7.60. The molecule has 1 aromatic carbocycles. The molecule has 1 amide bonds. The van der Waals surface area contributed by atoms with E-state index < -0.39 is 0 Å². The minimum absolute atomic E-state index is 0.0280. The van der Waals surface area contributed by atoms with E-state index in [1.807, 2.05) is 23.6 Å². The molecule has 2 aromatic rings. The third-order valence-corrected chi connectivity index (χ3v) is 4.49. The monoisotopic (exact) mass is 287 g/mol. The molecule has 104 valence electrons. The van der Waals surface area contributed by atoms with Crippen molar-refractivity contribution < 1.29 is 4.79 Å². The molecule has 20 heavy (non-hydrogen) atoms. The SMILES string of the molecule is NCc1nc(CC(=O)NC2(c3ccccc3)CC2)cs1. The van der Waals surface area contributed by atoms with Crippen molar-refractivity contribution in [3.8, 4) is 0 Å². The predicted molar refractivity (Wildman–Crippen MR) is 79.2 cm³/mol. The molecule has 0 bridgehead atoms. The lowest BCUT2D eigenvalue weighted by Crippen LogP contribution is -2.35. The number of nitrogens with one attached hydrogen (secondary N) is 1. The molecule has 1 aromatic heterocycles. The lowest BCUT2D eigenvalue weighted by molar-refractivity contribution is -0.121. The Hall–Kier alpha value is -1.72. The van der Waals surface area contributed by atoms with Crippen LogP contribution in [-0.4, -0.2) is 10.9 Å². The van der Waals surface area contributed by atoms with Gasteiger partial charge in [-0.3, -0.25) is 4.79 Å². The number of nitrogens with two attached hydrogens (primary N) is 1. The lowest BCUT2D eigenvalue weighted by Gasteiger charge is -2.17. The predicted octanol–water partition coefficient (Wildman–Crippen LogP) is 1.95. The van der Waals surface area contributed by atoms with Gasteiger partial charge in [-0.15, -0.1) is 11.3 Å². The highest BCUT2D eigenvalue weighted by molar-refractivity contribution is 7.09. The summed E-state index contributed by atoms with van der Waals surface area (Å²) in [6, 6.07) is 10.2. The van der Waals surface area contributed by atoms with Crippen LogP contribution in [0.5, 0.6) is 0 Å². The summed E-state index contributed by atoms with van der Waals surface area (Å²) in [7, 11) is 0. The normalized spacial score (nSPS) is 15.8. The van der Waals surface area contributed by atoms with Crippen molar-refractivity contribution in [2.45, 2.75) is 31.3 Å². The van der Waals surface area contributed by atoms with E-state index in [0.29, 0.717) is 13.0 Å². The number of benzene rings is 1. The number of hydrogen-bond acceptors (Lipinski definition) is 4. The standard InChI is InChI=1S/C15H17N3OS/c16-9-14-17-12(10-20-14)8-13(19)18-15(6-7-15)11-4-2-1-3-5-11/h1-5,10H,6-9,16H2,(H,18,19). The quantitative estimate of drug-likeness (QED) is 0.883. The minimum Gasteiger partial charge on any atom is -0.346 e. The Bertz CT molecular complexity index is 605. The van der Waals surface area contributed by atoms with Gasteiger partial charge in [0.25, 0.3) is 0 Å². The van der Waals surface area contributed by atoms with Gasteiger partial charge in [0, 0.05) is 11.9 Å². The number of nitrogens with zero attached hydrogens (tertiary/aromatic N) is 1. The molecule has 0 unspecified atom stereocenters. The van der Waals surface area contributed by atoms with Crippen molar-refractivity contribution in [1.82, 2.24) is 10.3 Å². The van der Waals surface area contributed by atoms with Gasteiger partial charge >= 0.3 is 0 Å². The highest BCUT2D eigenvalue weighted by Crippen LogP contribution is 2.45. The van der Waals surface area contributed by atoms with Crippen molar-refractivity contribution in [3.63, 3.8) is 0 Å². The average Bonchev–Trinajstić information content (AvgIpc) is 3.10. The fourth-order valence-corrected chi connectivity index (χ4v) is 3.04. The van der Waals surface area contributed by atoms with Gasteiger partial charge in [0.2, 0.25) is 5.91 Å². The number of amides is 1. The third kappa shape index (κ3) is 2.73. The molecule has 3 rings (SSSR count). The van der Waals surface area contributed by atoms with Crippen molar-refractivity contribution in [1.29, 1.82) is 0 Å². The molecule has 1 aliphatic rings. The van der Waals surface area contributed by atoms with E-state index in [1.54, 1.807) is 0 Å². The van der Waals surface area contributed by atoms with Gasteiger partial charge in [-0.2, -0.15) is 0 Å². The summed E-state index contributed by atoms with van der Waals surface area (Å²) in [5.41, 5.74) is 7.37. The average molecular weight is 287 g/mol. The summed E-state index contributed by atoms with van der Waals surface area (Å²) in [4.78, 5) is 16.5. The molecule has 0 spiro atoms. The van der Waals surface area contributed by atoms with Crippen LogP contribution >= 0.6 is 11.3 Å². The molecule has 0 atom stereocenters. The van der Waals surface area contributed by atoms with Crippen LogP contribution in [0.4, 0.5) is 0 Å². The number of thiazole rings is 1. The first-order valence-electron chi connectivity index (χ1n) is 6.72. The van der Waals surface area contributed by atoms with Crippen LogP contribution in [0.2, 0.25) is 0 Å². The number of hydrogen-bond donors (Lipinski definition) is 2. The zero-order valence-electron chi connectivity index (χ0n) is 11.1. The Morgan fingerprint density at radius 3 is 2.70 bits per heavy atom. The van der Waals surface area contributed by atoms with Crippen LogP contribution in [-0.2, 0) is 23.3 Å². The molecular weight excluding hydrogens is 270 g/mol. The first-order chi connectivity index (χ1) is 9.72. The zero-order valence-corrected chi connectivity index (χ0v) is 12.0. The van der Waals surface area contributed by atoms with Crippen LogP contribution in [0.15, 0.2) is 35.7 Å². The van der Waals surface area contributed by atoms with Crippen molar-refractivity contribution in [2.24, 2.45) is 5.73 Å². The number of carbonyl (C=O) groups is 1. The van der Waals surface area contributed by atoms with E-state index in [4.69, 9.17) is 5.73 Å². The van der Waals surface area contributed by atoms with Gasteiger partial charge in [-0.1, -0.05) is 30.3 Å². The van der Waals surface area contributed by atoms with Crippen LogP contribution in [0, 0.1) is 0 Å². The Kier molecular flexibility index (Phi) is 3.54. The van der Waals surface area contributed by atoms with Gasteiger partial charge in [0.05, 0.1) is 17.7 Å². The van der Waals surface area contributed by atoms with E-state index in [1.165, 1.54) is 16.9 Å². The van der Waals surface area contributed by atoms with Crippen LogP contribution < -0.4 is 11.1 Å². The Morgan fingerprint density at radius 1 is 1.35 bits per heavy atom. The maximum absolute atomic E-state index is 12.2. The summed E-state index contributed by atoms with van der Waals surface area (Å²) in [5.74, 6) is 0.0280. The molecule has 0 radical (unpaired) electrons. The smallest absolute Gasteiger partial charge is 0.226 e. The van der Waals surface area contributed by atoms with E-state index >= 15 is 0 Å². The number of aromatic nitrogens is 1. The second-order valence-electron chi connectivity index (χ2n) is 5.11. The van der Waals surface area contributed by atoms with E-state index in [0.717, 1.165) is 23.5 Å². The topological polar surface area (TPSA) is 68.0 Å². The van der Waals surface area contributed by atoms with Crippen LogP contribution in [0.25, 0.3) is 0 Å². The van der Waals surface area contributed by atoms with Gasteiger partial charge in [-0.05, 0) is 18.4 Å². The van der Waals surface area contributed by atoms with Gasteiger partial charge in [0.1, 0.15) is 5.01 Å². The highest BCUT2D eigenvalue weighted by Gasteiger charge is 2.45. The molecule has 1 saturated carbocycles. The van der Waals surface area contributed by atoms with Crippen molar-refractivity contribution >= 4 is 17.2 Å². The molecule has 1 aliphatic carbocycles. The lowest BCUT2D eigenvalue weighted by atomic mass is 10.0. The van der Waals surface area contributed by atoms with Gasteiger partial charge in [0.15, 0.2) is 0 Å². The van der Waals surface area contributed by atoms with Gasteiger partial charge < -0.3 is 11.1 Å². The van der Waals surface area contributed by atoms with Gasteiger partial charge in [-0.25, -0.2) is 4.98 Å².